The van der Waals surface area contributed by atoms with Crippen LogP contribution < -0.4 is 10.3 Å². The summed E-state index contributed by atoms with van der Waals surface area (Å²) in [5.74, 6) is -0.00829. The van der Waals surface area contributed by atoms with Crippen molar-refractivity contribution in [3.8, 4) is 5.75 Å². The second kappa shape index (κ2) is 6.20. The number of benzene rings is 1. The van der Waals surface area contributed by atoms with Gasteiger partial charge in [-0.3, -0.25) is 9.36 Å². The lowest BCUT2D eigenvalue weighted by Gasteiger charge is -2.10. The Morgan fingerprint density at radius 3 is 2.83 bits per heavy atom. The molecule has 2 heterocycles. The van der Waals surface area contributed by atoms with E-state index in [1.165, 1.54) is 15.8 Å². The molecule has 0 saturated heterocycles. The number of aryl methyl sites for hydroxylation is 2. The fraction of sp³-hybridized carbons (Fsp3) is 0.278. The summed E-state index contributed by atoms with van der Waals surface area (Å²) in [6, 6.07) is 8.84. The van der Waals surface area contributed by atoms with E-state index in [0.717, 1.165) is 36.1 Å². The maximum absolute atomic E-state index is 12.8. The van der Waals surface area contributed by atoms with Crippen LogP contribution >= 0.6 is 11.3 Å². The smallest absolute Gasteiger partial charge is 0.331 e. The fourth-order valence-corrected chi connectivity index (χ4v) is 4.30. The summed E-state index contributed by atoms with van der Waals surface area (Å²) in [6.07, 6.45) is 5.65. The molecule has 0 bridgehead atoms. The summed E-state index contributed by atoms with van der Waals surface area (Å²) < 4.78 is 6.60. The highest BCUT2D eigenvalue weighted by molar-refractivity contribution is 7.18. The van der Waals surface area contributed by atoms with Crippen LogP contribution in [0.3, 0.4) is 0 Å². The first-order chi connectivity index (χ1) is 11.7. The van der Waals surface area contributed by atoms with Crippen molar-refractivity contribution < 1.29 is 9.53 Å². The minimum absolute atomic E-state index is 0.138. The number of para-hydroxylation sites is 1. The molecular weight excluding hydrogens is 324 g/mol. The lowest BCUT2D eigenvalue weighted by Crippen LogP contribution is -2.27. The Bertz CT molecular complexity index is 960. The minimum atomic E-state index is -0.478. The van der Waals surface area contributed by atoms with Gasteiger partial charge in [0.2, 0.25) is 0 Å². The van der Waals surface area contributed by atoms with Crippen molar-refractivity contribution >= 4 is 27.5 Å². The third-order valence-electron chi connectivity index (χ3n) is 4.22. The second-order valence-corrected chi connectivity index (χ2v) is 6.94. The van der Waals surface area contributed by atoms with E-state index in [1.807, 2.05) is 6.07 Å². The molecule has 0 spiro atoms. The van der Waals surface area contributed by atoms with Gasteiger partial charge in [-0.25, -0.2) is 9.78 Å². The van der Waals surface area contributed by atoms with Crippen LogP contribution in [0, 0.1) is 0 Å². The second-order valence-electron chi connectivity index (χ2n) is 5.86. The predicted octanol–water partition coefficient (Wildman–Crippen LogP) is 2.94. The van der Waals surface area contributed by atoms with E-state index in [9.17, 15) is 9.59 Å². The van der Waals surface area contributed by atoms with Crippen LogP contribution in [-0.4, -0.2) is 15.5 Å². The van der Waals surface area contributed by atoms with Crippen LogP contribution in [0.2, 0.25) is 0 Å². The summed E-state index contributed by atoms with van der Waals surface area (Å²) in [5, 5.41) is 0.685. The zero-order chi connectivity index (χ0) is 16.5. The number of esters is 1. The molecule has 0 unspecified atom stereocenters. The summed E-state index contributed by atoms with van der Waals surface area (Å²) in [4.78, 5) is 31.3. The van der Waals surface area contributed by atoms with Gasteiger partial charge in [-0.2, -0.15) is 0 Å². The van der Waals surface area contributed by atoms with Crippen LogP contribution in [-0.2, 0) is 24.2 Å². The van der Waals surface area contributed by atoms with Crippen LogP contribution in [0.5, 0.6) is 5.75 Å². The highest BCUT2D eigenvalue weighted by Crippen LogP contribution is 2.33. The molecule has 0 atom stereocenters. The standard InChI is InChI=1S/C18H16N2O3S/c21-15(23-12-6-2-1-3-7-12)10-20-11-19-17-16(18(20)22)13-8-4-5-9-14(13)24-17/h1-3,6-7,11H,4-5,8-10H2. The van der Waals surface area contributed by atoms with Crippen molar-refractivity contribution in [1.29, 1.82) is 0 Å². The van der Waals surface area contributed by atoms with Crippen LogP contribution in [0.1, 0.15) is 23.3 Å². The van der Waals surface area contributed by atoms with Gasteiger partial charge in [-0.15, -0.1) is 11.3 Å². The molecule has 0 fully saturated rings. The molecule has 1 aromatic carbocycles. The summed E-state index contributed by atoms with van der Waals surface area (Å²) in [6.45, 7) is -0.138. The van der Waals surface area contributed by atoms with Gasteiger partial charge in [0.1, 0.15) is 17.1 Å². The number of fused-ring (bicyclic) bond motifs is 3. The van der Waals surface area contributed by atoms with Gasteiger partial charge in [0.25, 0.3) is 5.56 Å². The highest BCUT2D eigenvalue weighted by Gasteiger charge is 2.20. The summed E-state index contributed by atoms with van der Waals surface area (Å²) >= 11 is 1.60. The maximum Gasteiger partial charge on any atom is 0.331 e. The number of thiophene rings is 1. The number of rotatable bonds is 3. The highest BCUT2D eigenvalue weighted by atomic mass is 32.1. The zero-order valence-electron chi connectivity index (χ0n) is 13.0. The molecule has 0 radical (unpaired) electrons. The van der Waals surface area contributed by atoms with Gasteiger partial charge in [-0.05, 0) is 43.4 Å². The van der Waals surface area contributed by atoms with Gasteiger partial charge < -0.3 is 4.74 Å². The summed E-state index contributed by atoms with van der Waals surface area (Å²) in [7, 11) is 0. The Labute approximate surface area is 142 Å². The van der Waals surface area contributed by atoms with Crippen molar-refractivity contribution in [3.05, 3.63) is 57.5 Å². The number of carbonyl (C=O) groups excluding carboxylic acids is 1. The van der Waals surface area contributed by atoms with Crippen LogP contribution in [0.25, 0.3) is 10.2 Å². The number of nitrogens with zero attached hydrogens (tertiary/aromatic N) is 2. The monoisotopic (exact) mass is 340 g/mol. The molecule has 5 nitrogen and oxygen atoms in total. The number of carbonyl (C=O) groups is 1. The molecule has 3 aromatic rings. The molecule has 2 aromatic heterocycles. The molecule has 6 heteroatoms. The average Bonchev–Trinajstić information content (AvgIpc) is 2.97. The minimum Gasteiger partial charge on any atom is -0.425 e. The van der Waals surface area contributed by atoms with Gasteiger partial charge in [0.15, 0.2) is 0 Å². The first-order valence-electron chi connectivity index (χ1n) is 7.98. The van der Waals surface area contributed by atoms with Crippen LogP contribution in [0.15, 0.2) is 41.5 Å². The van der Waals surface area contributed by atoms with Crippen molar-refractivity contribution in [2.45, 2.75) is 32.2 Å². The first-order valence-corrected chi connectivity index (χ1v) is 8.79. The Morgan fingerprint density at radius 1 is 1.21 bits per heavy atom. The van der Waals surface area contributed by atoms with E-state index < -0.39 is 5.97 Å². The number of aromatic nitrogens is 2. The molecule has 0 N–H and O–H groups in total. The maximum atomic E-state index is 12.8. The zero-order valence-corrected chi connectivity index (χ0v) is 13.8. The molecular formula is C18H16N2O3S. The normalized spacial score (nSPS) is 13.7. The Hall–Kier alpha value is -2.47. The van der Waals surface area contributed by atoms with E-state index in [-0.39, 0.29) is 12.1 Å². The fourth-order valence-electron chi connectivity index (χ4n) is 3.09. The molecule has 1 aliphatic carbocycles. The Morgan fingerprint density at radius 2 is 2.00 bits per heavy atom. The SMILES string of the molecule is O=C(Cn1cnc2sc3c(c2c1=O)CCCC3)Oc1ccccc1. The van der Waals surface area contributed by atoms with Crippen molar-refractivity contribution in [1.82, 2.24) is 9.55 Å². The Kier molecular flexibility index (Phi) is 3.90. The predicted molar refractivity (Wildman–Crippen MR) is 92.6 cm³/mol. The average molecular weight is 340 g/mol. The topological polar surface area (TPSA) is 61.2 Å². The quantitative estimate of drug-likeness (QED) is 0.543. The third-order valence-corrected chi connectivity index (χ3v) is 5.42. The Balaban J connectivity index is 1.64. The lowest BCUT2D eigenvalue weighted by molar-refractivity contribution is -0.135. The van der Waals surface area contributed by atoms with Gasteiger partial charge >= 0.3 is 5.97 Å². The molecule has 0 saturated carbocycles. The number of hydrogen-bond donors (Lipinski definition) is 0. The molecule has 24 heavy (non-hydrogen) atoms. The molecule has 122 valence electrons. The molecule has 0 amide bonds. The number of hydrogen-bond acceptors (Lipinski definition) is 5. The van der Waals surface area contributed by atoms with E-state index >= 15 is 0 Å². The van der Waals surface area contributed by atoms with Crippen molar-refractivity contribution in [3.63, 3.8) is 0 Å². The van der Waals surface area contributed by atoms with E-state index in [0.29, 0.717) is 11.1 Å². The summed E-state index contributed by atoms with van der Waals surface area (Å²) in [5.41, 5.74) is 0.980. The first kappa shape index (κ1) is 15.1. The number of ether oxygens (including phenoxy) is 1. The van der Waals surface area contributed by atoms with Gasteiger partial charge in [0, 0.05) is 4.88 Å². The molecule has 4 rings (SSSR count). The lowest BCUT2D eigenvalue weighted by atomic mass is 9.97. The van der Waals surface area contributed by atoms with E-state index in [4.69, 9.17) is 4.74 Å². The van der Waals surface area contributed by atoms with Gasteiger partial charge in [0.05, 0.1) is 11.7 Å². The largest absolute Gasteiger partial charge is 0.425 e. The van der Waals surface area contributed by atoms with Crippen molar-refractivity contribution in [2.75, 3.05) is 0 Å². The van der Waals surface area contributed by atoms with Crippen molar-refractivity contribution in [2.24, 2.45) is 0 Å². The van der Waals surface area contributed by atoms with E-state index in [2.05, 4.69) is 4.98 Å². The van der Waals surface area contributed by atoms with E-state index in [1.54, 1.807) is 35.6 Å². The van der Waals surface area contributed by atoms with Gasteiger partial charge in [-0.1, -0.05) is 18.2 Å². The van der Waals surface area contributed by atoms with Crippen LogP contribution in [0.4, 0.5) is 0 Å². The third kappa shape index (κ3) is 2.73. The molecule has 1 aliphatic rings. The molecule has 0 aliphatic heterocycles.